The molecular formula is C19H18N4O3S. The fourth-order valence-corrected chi connectivity index (χ4v) is 3.35. The molecule has 1 aliphatic heterocycles. The highest BCUT2D eigenvalue weighted by atomic mass is 32.2. The van der Waals surface area contributed by atoms with Crippen molar-refractivity contribution in [1.29, 1.82) is 0 Å². The molecule has 3 aromatic rings. The van der Waals surface area contributed by atoms with E-state index in [-0.39, 0.29) is 5.75 Å². The van der Waals surface area contributed by atoms with E-state index < -0.39 is 6.23 Å². The summed E-state index contributed by atoms with van der Waals surface area (Å²) >= 11 is 1.50. The number of nitrogens with one attached hydrogen (secondary N) is 1. The summed E-state index contributed by atoms with van der Waals surface area (Å²) < 4.78 is 11.4. The Morgan fingerprint density at radius 1 is 1.22 bits per heavy atom. The number of anilines is 1. The second-order valence-electron chi connectivity index (χ2n) is 5.80. The van der Waals surface area contributed by atoms with Gasteiger partial charge in [0.15, 0.2) is 23.4 Å². The molecule has 1 atom stereocenters. The first-order valence-electron chi connectivity index (χ1n) is 8.46. The number of rotatable bonds is 4. The van der Waals surface area contributed by atoms with Gasteiger partial charge in [0, 0.05) is 16.8 Å². The quantitative estimate of drug-likeness (QED) is 0.658. The van der Waals surface area contributed by atoms with E-state index in [2.05, 4.69) is 20.5 Å². The summed E-state index contributed by atoms with van der Waals surface area (Å²) in [5.41, 5.74) is 3.11. The lowest BCUT2D eigenvalue weighted by Crippen LogP contribution is -2.17. The Bertz CT molecular complexity index is 983. The van der Waals surface area contributed by atoms with Crippen molar-refractivity contribution in [1.82, 2.24) is 15.2 Å². The van der Waals surface area contributed by atoms with Gasteiger partial charge in [0.1, 0.15) is 0 Å². The highest BCUT2D eigenvalue weighted by molar-refractivity contribution is 7.99. The SMILES string of the molecule is CCSc1nnc2c(n1)O[C@@H](c1ccc(O)c(OC)c1)Nc1ccccc1-2. The van der Waals surface area contributed by atoms with E-state index >= 15 is 0 Å². The molecule has 0 spiro atoms. The number of ether oxygens (including phenoxy) is 2. The summed E-state index contributed by atoms with van der Waals surface area (Å²) in [6.45, 7) is 2.03. The number of thioether (sulfide) groups is 1. The minimum absolute atomic E-state index is 0.0706. The van der Waals surface area contributed by atoms with Crippen molar-refractivity contribution < 1.29 is 14.6 Å². The molecule has 0 aliphatic carbocycles. The topological polar surface area (TPSA) is 89.4 Å². The molecule has 0 amide bonds. The smallest absolute Gasteiger partial charge is 0.247 e. The van der Waals surface area contributed by atoms with E-state index in [1.165, 1.54) is 18.9 Å². The molecule has 1 aromatic heterocycles. The van der Waals surface area contributed by atoms with Gasteiger partial charge in [0.05, 0.1) is 7.11 Å². The van der Waals surface area contributed by atoms with Crippen LogP contribution < -0.4 is 14.8 Å². The molecular weight excluding hydrogens is 364 g/mol. The highest BCUT2D eigenvalue weighted by Gasteiger charge is 2.26. The molecule has 2 heterocycles. The van der Waals surface area contributed by atoms with Gasteiger partial charge in [-0.15, -0.1) is 10.2 Å². The predicted octanol–water partition coefficient (Wildman–Crippen LogP) is 3.87. The van der Waals surface area contributed by atoms with Crippen LogP contribution in [0.3, 0.4) is 0 Å². The maximum atomic E-state index is 9.88. The molecule has 0 saturated carbocycles. The second kappa shape index (κ2) is 7.32. The van der Waals surface area contributed by atoms with Crippen molar-refractivity contribution in [2.45, 2.75) is 18.3 Å². The third-order valence-corrected chi connectivity index (χ3v) is 4.83. The number of nitrogens with zero attached hydrogens (tertiary/aromatic N) is 3. The lowest BCUT2D eigenvalue weighted by molar-refractivity contribution is 0.224. The minimum atomic E-state index is -0.530. The van der Waals surface area contributed by atoms with Gasteiger partial charge in [0.25, 0.3) is 0 Å². The van der Waals surface area contributed by atoms with Crippen LogP contribution in [0.5, 0.6) is 17.4 Å². The number of aromatic hydroxyl groups is 1. The van der Waals surface area contributed by atoms with E-state index in [9.17, 15) is 5.11 Å². The first-order chi connectivity index (χ1) is 13.2. The molecule has 0 radical (unpaired) electrons. The van der Waals surface area contributed by atoms with Gasteiger partial charge in [-0.3, -0.25) is 0 Å². The van der Waals surface area contributed by atoms with Crippen LogP contribution in [0.15, 0.2) is 47.6 Å². The zero-order valence-electron chi connectivity index (χ0n) is 14.8. The molecule has 8 heteroatoms. The van der Waals surface area contributed by atoms with E-state index in [0.29, 0.717) is 22.5 Å². The summed E-state index contributed by atoms with van der Waals surface area (Å²) in [4.78, 5) is 4.54. The van der Waals surface area contributed by atoms with Crippen molar-refractivity contribution in [2.75, 3.05) is 18.2 Å². The first kappa shape index (κ1) is 17.4. The number of hydrogen-bond acceptors (Lipinski definition) is 8. The average Bonchev–Trinajstić information content (AvgIpc) is 2.85. The van der Waals surface area contributed by atoms with Crippen LogP contribution in [0.1, 0.15) is 18.7 Å². The van der Waals surface area contributed by atoms with Crippen molar-refractivity contribution in [3.05, 3.63) is 48.0 Å². The number of aromatic nitrogens is 3. The number of phenolic OH excluding ortho intramolecular Hbond substituents is 1. The largest absolute Gasteiger partial charge is 0.504 e. The number of methoxy groups -OCH3 is 1. The fourth-order valence-electron chi connectivity index (χ4n) is 2.85. The Morgan fingerprint density at radius 2 is 2.07 bits per heavy atom. The molecule has 4 rings (SSSR count). The van der Waals surface area contributed by atoms with Crippen molar-refractivity contribution in [3.63, 3.8) is 0 Å². The van der Waals surface area contributed by atoms with E-state index in [4.69, 9.17) is 9.47 Å². The second-order valence-corrected chi connectivity index (χ2v) is 7.03. The van der Waals surface area contributed by atoms with Crippen LogP contribution in [-0.4, -0.2) is 33.2 Å². The maximum Gasteiger partial charge on any atom is 0.247 e. The summed E-state index contributed by atoms with van der Waals surface area (Å²) in [7, 11) is 1.51. The lowest BCUT2D eigenvalue weighted by atomic mass is 10.1. The zero-order valence-corrected chi connectivity index (χ0v) is 15.7. The molecule has 7 nitrogen and oxygen atoms in total. The van der Waals surface area contributed by atoms with Crippen molar-refractivity contribution in [2.24, 2.45) is 0 Å². The summed E-state index contributed by atoms with van der Waals surface area (Å²) in [5, 5.41) is 22.4. The van der Waals surface area contributed by atoms with Crippen LogP contribution in [0, 0.1) is 0 Å². The Kier molecular flexibility index (Phi) is 4.72. The third kappa shape index (κ3) is 3.35. The Morgan fingerprint density at radius 3 is 2.89 bits per heavy atom. The standard InChI is InChI=1S/C19H18N4O3S/c1-3-27-19-21-18-16(22-23-19)12-6-4-5-7-13(12)20-17(26-18)11-8-9-14(24)15(10-11)25-2/h4-10,17,20,24H,3H2,1-2H3/t17-/m0/s1. The Labute approximate surface area is 160 Å². The van der Waals surface area contributed by atoms with Crippen LogP contribution in [0.2, 0.25) is 0 Å². The Balaban J connectivity index is 1.82. The summed E-state index contributed by atoms with van der Waals surface area (Å²) in [5.74, 6) is 1.70. The molecule has 0 bridgehead atoms. The fraction of sp³-hybridized carbons (Fsp3) is 0.211. The minimum Gasteiger partial charge on any atom is -0.504 e. The van der Waals surface area contributed by atoms with Gasteiger partial charge in [-0.05, 0) is 30.0 Å². The number of benzene rings is 2. The van der Waals surface area contributed by atoms with Crippen LogP contribution in [-0.2, 0) is 0 Å². The lowest BCUT2D eigenvalue weighted by Gasteiger charge is -2.20. The Hall–Kier alpha value is -3.00. The summed E-state index contributed by atoms with van der Waals surface area (Å²) in [6, 6.07) is 12.9. The normalized spacial score (nSPS) is 15.0. The van der Waals surface area contributed by atoms with Crippen LogP contribution >= 0.6 is 11.8 Å². The monoisotopic (exact) mass is 382 g/mol. The molecule has 2 N–H and O–H groups in total. The summed E-state index contributed by atoms with van der Waals surface area (Å²) in [6.07, 6.45) is -0.530. The van der Waals surface area contributed by atoms with Gasteiger partial charge in [0.2, 0.25) is 11.0 Å². The van der Waals surface area contributed by atoms with Gasteiger partial charge < -0.3 is 19.9 Å². The van der Waals surface area contributed by atoms with Crippen molar-refractivity contribution >= 4 is 17.4 Å². The molecule has 0 saturated heterocycles. The first-order valence-corrected chi connectivity index (χ1v) is 9.45. The molecule has 27 heavy (non-hydrogen) atoms. The van der Waals surface area contributed by atoms with Gasteiger partial charge in [-0.1, -0.05) is 36.9 Å². The number of phenols is 1. The molecule has 0 unspecified atom stereocenters. The number of fused-ring (bicyclic) bond motifs is 3. The van der Waals surface area contributed by atoms with E-state index in [0.717, 1.165) is 22.6 Å². The third-order valence-electron chi connectivity index (χ3n) is 4.11. The predicted molar refractivity (Wildman–Crippen MR) is 103 cm³/mol. The average molecular weight is 382 g/mol. The molecule has 2 aromatic carbocycles. The molecule has 0 fully saturated rings. The molecule has 138 valence electrons. The highest BCUT2D eigenvalue weighted by Crippen LogP contribution is 2.40. The van der Waals surface area contributed by atoms with E-state index in [1.54, 1.807) is 18.2 Å². The number of hydrogen-bond donors (Lipinski definition) is 2. The van der Waals surface area contributed by atoms with Gasteiger partial charge in [-0.25, -0.2) is 0 Å². The zero-order chi connectivity index (χ0) is 18.8. The molecule has 1 aliphatic rings. The van der Waals surface area contributed by atoms with Crippen molar-refractivity contribution in [3.8, 4) is 28.6 Å². The van der Waals surface area contributed by atoms with E-state index in [1.807, 2.05) is 31.2 Å². The maximum absolute atomic E-state index is 9.88. The number of para-hydroxylation sites is 1. The van der Waals surface area contributed by atoms with Gasteiger partial charge >= 0.3 is 0 Å². The van der Waals surface area contributed by atoms with Crippen LogP contribution in [0.4, 0.5) is 5.69 Å². The van der Waals surface area contributed by atoms with Crippen LogP contribution in [0.25, 0.3) is 11.3 Å². The van der Waals surface area contributed by atoms with Gasteiger partial charge in [-0.2, -0.15) is 4.98 Å².